The average molecular weight is 278 g/mol. The summed E-state index contributed by atoms with van der Waals surface area (Å²) in [5, 5.41) is 9.47. The van der Waals surface area contributed by atoms with E-state index in [9.17, 15) is 14.7 Å². The van der Waals surface area contributed by atoms with Crippen molar-refractivity contribution in [2.75, 3.05) is 0 Å². The van der Waals surface area contributed by atoms with E-state index in [0.717, 1.165) is 25.7 Å². The van der Waals surface area contributed by atoms with Crippen LogP contribution in [0.15, 0.2) is 4.42 Å². The standard InChI is InChI=1S/C16H22O4/c1-16(2,3)14-11(9-17)12(15(18)19)13(20-14)10-7-5-4-6-8-10/h9-10H,4-8H2,1-3H3,(H,18,19). The number of hydrogen-bond acceptors (Lipinski definition) is 3. The molecule has 0 atom stereocenters. The third-order valence-corrected chi connectivity index (χ3v) is 3.96. The van der Waals surface area contributed by atoms with E-state index in [4.69, 9.17) is 4.42 Å². The molecule has 1 aromatic rings. The molecule has 0 radical (unpaired) electrons. The summed E-state index contributed by atoms with van der Waals surface area (Å²) >= 11 is 0. The van der Waals surface area contributed by atoms with Crippen LogP contribution in [0.3, 0.4) is 0 Å². The molecule has 110 valence electrons. The minimum Gasteiger partial charge on any atom is -0.478 e. The molecule has 1 N–H and O–H groups in total. The number of furan rings is 1. The molecule has 1 aromatic heterocycles. The summed E-state index contributed by atoms with van der Waals surface area (Å²) < 4.78 is 5.89. The number of carbonyl (C=O) groups is 2. The fourth-order valence-electron chi connectivity index (χ4n) is 3.00. The third kappa shape index (κ3) is 2.65. The highest BCUT2D eigenvalue weighted by atomic mass is 16.4. The van der Waals surface area contributed by atoms with E-state index >= 15 is 0 Å². The summed E-state index contributed by atoms with van der Waals surface area (Å²) in [4.78, 5) is 22.9. The molecule has 1 aliphatic rings. The molecule has 1 heterocycles. The first-order valence-corrected chi connectivity index (χ1v) is 7.22. The lowest BCUT2D eigenvalue weighted by Gasteiger charge is -2.20. The molecule has 0 spiro atoms. The van der Waals surface area contributed by atoms with Crippen molar-refractivity contribution >= 4 is 12.3 Å². The first-order chi connectivity index (χ1) is 9.36. The number of aldehydes is 1. The predicted octanol–water partition coefficient (Wildman–Crippen LogP) is 4.14. The molecule has 0 amide bonds. The van der Waals surface area contributed by atoms with Gasteiger partial charge in [0.05, 0.1) is 5.56 Å². The molecule has 0 aliphatic heterocycles. The van der Waals surface area contributed by atoms with E-state index in [2.05, 4.69) is 0 Å². The van der Waals surface area contributed by atoms with E-state index in [1.165, 1.54) is 6.42 Å². The van der Waals surface area contributed by atoms with Crippen LogP contribution in [0.4, 0.5) is 0 Å². The number of carbonyl (C=O) groups excluding carboxylic acids is 1. The van der Waals surface area contributed by atoms with Crippen LogP contribution < -0.4 is 0 Å². The molecule has 0 unspecified atom stereocenters. The Bertz CT molecular complexity index is 513. The van der Waals surface area contributed by atoms with Crippen molar-refractivity contribution in [2.45, 2.75) is 64.2 Å². The summed E-state index contributed by atoms with van der Waals surface area (Å²) in [6.07, 6.45) is 5.87. The highest BCUT2D eigenvalue weighted by Gasteiger charge is 2.34. The molecule has 20 heavy (non-hydrogen) atoms. The highest BCUT2D eigenvalue weighted by Crippen LogP contribution is 2.40. The maximum Gasteiger partial charge on any atom is 0.340 e. The van der Waals surface area contributed by atoms with Gasteiger partial charge in [-0.15, -0.1) is 0 Å². The van der Waals surface area contributed by atoms with Gasteiger partial charge in [0, 0.05) is 11.3 Å². The minimum absolute atomic E-state index is 0.0804. The maximum absolute atomic E-state index is 11.6. The molecule has 1 saturated carbocycles. The number of hydrogen-bond donors (Lipinski definition) is 1. The number of carboxylic acids is 1. The van der Waals surface area contributed by atoms with Gasteiger partial charge in [-0.25, -0.2) is 4.79 Å². The van der Waals surface area contributed by atoms with Crippen LogP contribution in [-0.2, 0) is 5.41 Å². The van der Waals surface area contributed by atoms with E-state index in [0.29, 0.717) is 17.8 Å². The van der Waals surface area contributed by atoms with E-state index in [-0.39, 0.29) is 22.5 Å². The van der Waals surface area contributed by atoms with E-state index < -0.39 is 5.97 Å². The second-order valence-electron chi connectivity index (χ2n) is 6.59. The van der Waals surface area contributed by atoms with Gasteiger partial charge in [-0.1, -0.05) is 40.0 Å². The van der Waals surface area contributed by atoms with Crippen molar-refractivity contribution in [1.82, 2.24) is 0 Å². The normalized spacial score (nSPS) is 17.1. The van der Waals surface area contributed by atoms with Gasteiger partial charge in [0.15, 0.2) is 6.29 Å². The van der Waals surface area contributed by atoms with Gasteiger partial charge in [0.2, 0.25) is 0 Å². The van der Waals surface area contributed by atoms with Crippen molar-refractivity contribution < 1.29 is 19.1 Å². The van der Waals surface area contributed by atoms with Crippen molar-refractivity contribution in [2.24, 2.45) is 0 Å². The first kappa shape index (κ1) is 14.8. The molecule has 4 nitrogen and oxygen atoms in total. The fourth-order valence-corrected chi connectivity index (χ4v) is 3.00. The van der Waals surface area contributed by atoms with Crippen LogP contribution in [0.1, 0.15) is 91.0 Å². The van der Waals surface area contributed by atoms with Gasteiger partial charge in [-0.2, -0.15) is 0 Å². The number of rotatable bonds is 3. The first-order valence-electron chi connectivity index (χ1n) is 7.22. The zero-order valence-corrected chi connectivity index (χ0v) is 12.4. The van der Waals surface area contributed by atoms with Gasteiger partial charge in [-0.05, 0) is 12.8 Å². The Labute approximate surface area is 119 Å². The molecule has 0 bridgehead atoms. The van der Waals surface area contributed by atoms with Crippen LogP contribution >= 0.6 is 0 Å². The Morgan fingerprint density at radius 1 is 1.25 bits per heavy atom. The van der Waals surface area contributed by atoms with Crippen LogP contribution in [0.5, 0.6) is 0 Å². The quantitative estimate of drug-likeness (QED) is 0.844. The summed E-state index contributed by atoms with van der Waals surface area (Å²) in [6.45, 7) is 5.78. The van der Waals surface area contributed by atoms with Gasteiger partial charge in [0.25, 0.3) is 0 Å². The average Bonchev–Trinajstić information content (AvgIpc) is 2.79. The van der Waals surface area contributed by atoms with Gasteiger partial charge in [-0.3, -0.25) is 4.79 Å². The van der Waals surface area contributed by atoms with Crippen molar-refractivity contribution in [3.8, 4) is 0 Å². The van der Waals surface area contributed by atoms with Crippen molar-refractivity contribution in [3.63, 3.8) is 0 Å². The minimum atomic E-state index is -1.06. The predicted molar refractivity (Wildman–Crippen MR) is 75.6 cm³/mol. The Hall–Kier alpha value is -1.58. The fraction of sp³-hybridized carbons (Fsp3) is 0.625. The van der Waals surface area contributed by atoms with Crippen molar-refractivity contribution in [3.05, 3.63) is 22.6 Å². The summed E-state index contributed by atoms with van der Waals surface area (Å²) in [5.41, 5.74) is -0.0877. The van der Waals surface area contributed by atoms with E-state index in [1.807, 2.05) is 20.8 Å². The summed E-state index contributed by atoms with van der Waals surface area (Å²) in [7, 11) is 0. The molecular formula is C16H22O4. The van der Waals surface area contributed by atoms with Crippen LogP contribution in [-0.4, -0.2) is 17.4 Å². The van der Waals surface area contributed by atoms with Crippen LogP contribution in [0.25, 0.3) is 0 Å². The molecule has 1 fully saturated rings. The van der Waals surface area contributed by atoms with Crippen molar-refractivity contribution in [1.29, 1.82) is 0 Å². The number of aromatic carboxylic acids is 1. The zero-order chi connectivity index (χ0) is 14.9. The summed E-state index contributed by atoms with van der Waals surface area (Å²) in [5.74, 6) is 0.0614. The van der Waals surface area contributed by atoms with E-state index in [1.54, 1.807) is 0 Å². The molecule has 0 aromatic carbocycles. The monoisotopic (exact) mass is 278 g/mol. The molecular weight excluding hydrogens is 256 g/mol. The molecule has 4 heteroatoms. The molecule has 0 saturated heterocycles. The lowest BCUT2D eigenvalue weighted by molar-refractivity contribution is 0.0690. The smallest absolute Gasteiger partial charge is 0.340 e. The Balaban J connectivity index is 2.58. The lowest BCUT2D eigenvalue weighted by atomic mass is 9.85. The molecule has 1 aliphatic carbocycles. The third-order valence-electron chi connectivity index (χ3n) is 3.96. The maximum atomic E-state index is 11.6. The van der Waals surface area contributed by atoms with Crippen LogP contribution in [0.2, 0.25) is 0 Å². The largest absolute Gasteiger partial charge is 0.478 e. The highest BCUT2D eigenvalue weighted by molar-refractivity contribution is 5.99. The SMILES string of the molecule is CC(C)(C)c1oc(C2CCCCC2)c(C(=O)O)c1C=O. The molecule has 2 rings (SSSR count). The Morgan fingerprint density at radius 2 is 1.85 bits per heavy atom. The second-order valence-corrected chi connectivity index (χ2v) is 6.59. The Kier molecular flexibility index (Phi) is 4.02. The summed E-state index contributed by atoms with van der Waals surface area (Å²) in [6, 6.07) is 0. The number of carboxylic acid groups (broad SMARTS) is 1. The van der Waals surface area contributed by atoms with Gasteiger partial charge < -0.3 is 9.52 Å². The van der Waals surface area contributed by atoms with Crippen LogP contribution in [0, 0.1) is 0 Å². The van der Waals surface area contributed by atoms with Gasteiger partial charge >= 0.3 is 5.97 Å². The topological polar surface area (TPSA) is 67.5 Å². The van der Waals surface area contributed by atoms with Gasteiger partial charge in [0.1, 0.15) is 17.1 Å². The lowest BCUT2D eigenvalue weighted by Crippen LogP contribution is -2.13. The second kappa shape index (κ2) is 5.43. The Morgan fingerprint density at radius 3 is 2.30 bits per heavy atom. The zero-order valence-electron chi connectivity index (χ0n) is 12.4.